The van der Waals surface area contributed by atoms with Gasteiger partial charge in [0.05, 0.1) is 45.0 Å². The summed E-state index contributed by atoms with van der Waals surface area (Å²) in [5, 5.41) is 6.57. The Morgan fingerprint density at radius 3 is 1.36 bits per heavy atom. The van der Waals surface area contributed by atoms with Crippen molar-refractivity contribution < 1.29 is 28.7 Å². The second-order valence-corrected chi connectivity index (χ2v) is 23.2. The molecule has 76 heavy (non-hydrogen) atoms. The summed E-state index contributed by atoms with van der Waals surface area (Å²) in [6, 6.07) is 20.5. The molecule has 4 amide bonds. The Balaban J connectivity index is 0.000000236. The van der Waals surface area contributed by atoms with Crippen molar-refractivity contribution in [1.29, 1.82) is 0 Å². The number of amides is 4. The normalized spacial score (nSPS) is 15.0. The number of rotatable bonds is 6. The van der Waals surface area contributed by atoms with Crippen LogP contribution in [0.4, 0.5) is 54.0 Å². The van der Waals surface area contributed by atoms with Gasteiger partial charge in [-0.3, -0.25) is 30.0 Å². The quantitative estimate of drug-likeness (QED) is 0.0526. The molecular weight excluding hydrogens is 1090 g/mol. The second kappa shape index (κ2) is 21.2. The number of ether oxygens (including phenoxy) is 2. The Hall–Kier alpha value is -7.58. The number of carbonyl (C=O) groups is 4. The molecule has 0 radical (unpaired) electrons. The minimum absolute atomic E-state index is 0.0646. The predicted molar refractivity (Wildman–Crippen MR) is 309 cm³/mol. The summed E-state index contributed by atoms with van der Waals surface area (Å²) in [6.45, 7) is 31.7. The molecule has 2 saturated heterocycles. The Bertz CT molecular complexity index is 3530. The Morgan fingerprint density at radius 1 is 0.645 bits per heavy atom. The molecule has 0 spiro atoms. The van der Waals surface area contributed by atoms with Crippen LogP contribution in [0.15, 0.2) is 82.8 Å². The average Bonchev–Trinajstić information content (AvgIpc) is 3.98. The fourth-order valence-electron chi connectivity index (χ4n) is 7.64. The van der Waals surface area contributed by atoms with Crippen molar-refractivity contribution in [2.75, 3.05) is 19.6 Å². The Morgan fingerprint density at radius 2 is 1.01 bits per heavy atom. The van der Waals surface area contributed by atoms with Crippen LogP contribution in [-0.4, -0.2) is 78.4 Å². The fraction of sp³-hybridized carbons (Fsp3) is 0.280. The van der Waals surface area contributed by atoms with Gasteiger partial charge in [0, 0.05) is 21.4 Å². The van der Waals surface area contributed by atoms with Gasteiger partial charge in [-0.05, 0) is 154 Å². The van der Waals surface area contributed by atoms with E-state index < -0.39 is 34.5 Å². The highest BCUT2D eigenvalue weighted by Gasteiger charge is 2.51. The summed E-state index contributed by atoms with van der Waals surface area (Å²) >= 11 is 26.5. The van der Waals surface area contributed by atoms with E-state index in [0.717, 1.165) is 9.40 Å². The number of nitrogens with zero attached hydrogens (tertiary/aromatic N) is 10. The topological polar surface area (TPSA) is 235 Å². The third-order valence-corrected chi connectivity index (χ3v) is 14.1. The molecule has 4 heterocycles. The molecular formula is C50H48Cl2N14O6S4. The maximum absolute atomic E-state index is 13.6. The molecule has 0 unspecified atom stereocenters. The fourth-order valence-corrected chi connectivity index (χ4v) is 10.8. The van der Waals surface area contributed by atoms with Gasteiger partial charge in [0.1, 0.15) is 22.3 Å². The molecule has 0 saturated carbocycles. The first-order valence-corrected chi connectivity index (χ1v) is 25.8. The smallest absolute Gasteiger partial charge is 0.414 e. The minimum atomic E-state index is -1.06. The predicted octanol–water partition coefficient (Wildman–Crippen LogP) is 11.8. The van der Waals surface area contributed by atoms with Crippen molar-refractivity contribution in [3.8, 4) is 0 Å². The van der Waals surface area contributed by atoms with E-state index in [2.05, 4.69) is 40.3 Å². The molecule has 2 aliphatic rings. The van der Waals surface area contributed by atoms with E-state index in [1.54, 1.807) is 122 Å². The Labute approximate surface area is 465 Å². The van der Waals surface area contributed by atoms with Crippen LogP contribution in [-0.2, 0) is 19.1 Å². The van der Waals surface area contributed by atoms with E-state index in [1.807, 2.05) is 30.3 Å². The van der Waals surface area contributed by atoms with Gasteiger partial charge >= 0.3 is 12.2 Å². The van der Waals surface area contributed by atoms with E-state index >= 15 is 0 Å². The standard InChI is InChI=1S/C30H32ClN7O5S2.C20H16ClN7OS2/c1-28(2,3)42-25(40)35-23(36-26(41)43-29(4,5)6)34-24-33-20-15-17(11-13-21(20)45-24)38-27(44)37(22(39)30(38,7)8)16-10-12-19(32-9)18(31)14-16;1-20(2)16(29)27(10-4-6-13(24-3)12(21)8-10)19(30)28(20)11-5-7-15-14(9-11)25-18(31-15)26-17(22)23/h10-15H,1-8H3,(H2,33,34,35,36,40,41);4-9H,1-2H3,(H4,22,23,25,26). The number of guanidine groups is 2. The molecule has 4 aromatic carbocycles. The van der Waals surface area contributed by atoms with Crippen molar-refractivity contribution in [3.05, 3.63) is 106 Å². The lowest BCUT2D eigenvalue weighted by molar-refractivity contribution is -0.121. The number of nitrogens with one attached hydrogen (secondary N) is 2. The zero-order valence-electron chi connectivity index (χ0n) is 42.4. The van der Waals surface area contributed by atoms with Gasteiger partial charge in [-0.1, -0.05) is 58.0 Å². The molecule has 392 valence electrons. The third kappa shape index (κ3) is 11.9. The van der Waals surface area contributed by atoms with Gasteiger partial charge in [0.15, 0.2) is 16.2 Å². The number of aromatic nitrogens is 2. The van der Waals surface area contributed by atoms with Crippen LogP contribution in [0, 0.1) is 13.1 Å². The van der Waals surface area contributed by atoms with Crippen LogP contribution < -0.4 is 41.7 Å². The highest BCUT2D eigenvalue weighted by molar-refractivity contribution is 7.81. The number of hydrogen-bond acceptors (Lipinski definition) is 14. The molecule has 20 nitrogen and oxygen atoms in total. The highest BCUT2D eigenvalue weighted by atomic mass is 35.5. The molecule has 8 rings (SSSR count). The summed E-state index contributed by atoms with van der Waals surface area (Å²) in [5.74, 6) is -0.772. The van der Waals surface area contributed by atoms with E-state index in [-0.39, 0.29) is 49.7 Å². The van der Waals surface area contributed by atoms with E-state index in [0.29, 0.717) is 49.7 Å². The molecule has 6 N–H and O–H groups in total. The van der Waals surface area contributed by atoms with Crippen LogP contribution in [0.25, 0.3) is 30.1 Å². The van der Waals surface area contributed by atoms with E-state index in [4.69, 9.17) is 81.7 Å². The molecule has 2 aromatic heterocycles. The molecule has 6 aromatic rings. The molecule has 0 bridgehead atoms. The first-order chi connectivity index (χ1) is 35.4. The van der Waals surface area contributed by atoms with Crippen molar-refractivity contribution >= 4 is 181 Å². The number of aliphatic imine (C=N–C) groups is 2. The molecule has 2 aliphatic heterocycles. The minimum Gasteiger partial charge on any atom is -0.444 e. The summed E-state index contributed by atoms with van der Waals surface area (Å²) in [7, 11) is 0. The number of carbonyl (C=O) groups excluding carboxylic acids is 4. The zero-order valence-corrected chi connectivity index (χ0v) is 47.2. The summed E-state index contributed by atoms with van der Waals surface area (Å²) in [6.07, 6.45) is -1.66. The monoisotopic (exact) mass is 1140 g/mol. The Kier molecular flexibility index (Phi) is 15.7. The number of anilines is 4. The number of halogens is 2. The molecule has 2 fully saturated rings. The number of thiocarbonyl (C=S) groups is 2. The third-order valence-electron chi connectivity index (χ3n) is 10.9. The molecule has 26 heteroatoms. The summed E-state index contributed by atoms with van der Waals surface area (Å²) in [5.41, 5.74) is 11.4. The van der Waals surface area contributed by atoms with Gasteiger partial charge in [-0.2, -0.15) is 9.98 Å². The van der Waals surface area contributed by atoms with Crippen molar-refractivity contribution in [2.45, 2.75) is 91.5 Å². The number of benzene rings is 4. The molecule has 0 atom stereocenters. The van der Waals surface area contributed by atoms with Crippen LogP contribution >= 0.6 is 70.3 Å². The van der Waals surface area contributed by atoms with Crippen LogP contribution in [0.2, 0.25) is 10.0 Å². The number of fused-ring (bicyclic) bond motifs is 2. The maximum Gasteiger partial charge on any atom is 0.414 e. The lowest BCUT2D eigenvalue weighted by Gasteiger charge is -2.29. The van der Waals surface area contributed by atoms with Crippen molar-refractivity contribution in [1.82, 2.24) is 20.6 Å². The summed E-state index contributed by atoms with van der Waals surface area (Å²) in [4.78, 5) is 82.3. The second-order valence-electron chi connectivity index (χ2n) is 19.7. The van der Waals surface area contributed by atoms with Crippen LogP contribution in [0.5, 0.6) is 0 Å². The van der Waals surface area contributed by atoms with Crippen molar-refractivity contribution in [3.63, 3.8) is 0 Å². The number of alkyl carbamates (subject to hydrolysis) is 2. The number of thiazole rings is 2. The lowest BCUT2D eigenvalue weighted by Crippen LogP contribution is -2.47. The number of nitrogens with two attached hydrogens (primary N) is 2. The first kappa shape index (κ1) is 56.2. The molecule has 0 aliphatic carbocycles. The van der Waals surface area contributed by atoms with Gasteiger partial charge in [0.2, 0.25) is 27.6 Å². The SMILES string of the molecule is [C-]#[N+]c1ccc(N2C(=O)C(C)(C)N(c3ccc4sc(N=C(N)N)nc4c3)C2=S)cc1Cl.[C-]#[N+]c1ccc(N2C(=O)C(C)(C)N(c3ccc4sc(N=C(NC(=O)OC(C)(C)C)NC(=O)OC(C)(C)C)nc4c3)C2=S)cc1Cl. The largest absolute Gasteiger partial charge is 0.444 e. The van der Waals surface area contributed by atoms with Gasteiger partial charge in [-0.15, -0.1) is 0 Å². The van der Waals surface area contributed by atoms with E-state index in [1.165, 1.54) is 32.5 Å². The van der Waals surface area contributed by atoms with Gasteiger partial charge in [0.25, 0.3) is 11.8 Å². The highest BCUT2D eigenvalue weighted by Crippen LogP contribution is 2.42. The summed E-state index contributed by atoms with van der Waals surface area (Å²) < 4.78 is 12.3. The first-order valence-electron chi connectivity index (χ1n) is 22.6. The van der Waals surface area contributed by atoms with Crippen molar-refractivity contribution in [2.24, 2.45) is 21.5 Å². The maximum atomic E-state index is 13.6. The van der Waals surface area contributed by atoms with E-state index in [9.17, 15) is 19.2 Å². The van der Waals surface area contributed by atoms with Gasteiger partial charge in [-0.25, -0.2) is 29.2 Å². The van der Waals surface area contributed by atoms with Crippen LogP contribution in [0.1, 0.15) is 69.2 Å². The number of hydrogen-bond donors (Lipinski definition) is 4. The zero-order chi connectivity index (χ0) is 56.0. The average molecular weight is 1140 g/mol. The van der Waals surface area contributed by atoms with Crippen LogP contribution in [0.3, 0.4) is 0 Å². The lowest BCUT2D eigenvalue weighted by atomic mass is 10.0. The van der Waals surface area contributed by atoms with Gasteiger partial charge < -0.3 is 30.7 Å².